The molecule has 0 radical (unpaired) electrons. The van der Waals surface area contributed by atoms with Crippen molar-refractivity contribution in [1.82, 2.24) is 0 Å². The van der Waals surface area contributed by atoms with Crippen LogP contribution in [0, 0.1) is 0 Å². The fourth-order valence-electron chi connectivity index (χ4n) is 1.39. The van der Waals surface area contributed by atoms with Crippen molar-refractivity contribution in [3.05, 3.63) is 23.8 Å². The van der Waals surface area contributed by atoms with Gasteiger partial charge in [-0.3, -0.25) is 0 Å². The van der Waals surface area contributed by atoms with Gasteiger partial charge in [-0.2, -0.15) is 13.2 Å². The molecule has 0 aliphatic carbocycles. The molecule has 5 heteroatoms. The van der Waals surface area contributed by atoms with Crippen LogP contribution in [-0.2, 0) is 6.18 Å². The van der Waals surface area contributed by atoms with Gasteiger partial charge in [-0.05, 0) is 12.1 Å². The van der Waals surface area contributed by atoms with Crippen LogP contribution in [-0.4, -0.2) is 15.2 Å². The first-order valence-electron chi connectivity index (χ1n) is 4.92. The molecule has 0 aliphatic rings. The molecule has 0 aromatic heterocycles. The van der Waals surface area contributed by atoms with Gasteiger partial charge in [0.25, 0.3) is 0 Å². The van der Waals surface area contributed by atoms with E-state index in [1.807, 2.05) is 0 Å². The van der Waals surface area contributed by atoms with Crippen molar-refractivity contribution in [2.45, 2.75) is 25.8 Å². The minimum atomic E-state index is -4.36. The number of halogens is 3. The first-order chi connectivity index (χ1) is 7.16. The van der Waals surface area contributed by atoms with E-state index in [9.17, 15) is 13.2 Å². The van der Waals surface area contributed by atoms with Gasteiger partial charge in [-0.1, -0.05) is 30.9 Å². The van der Waals surface area contributed by atoms with E-state index in [2.05, 4.69) is 19.6 Å². The molecular weight excluding hydrogens is 233 g/mol. The molecular formula is C11H15F3OSi. The lowest BCUT2D eigenvalue weighted by Crippen LogP contribution is -2.37. The van der Waals surface area contributed by atoms with Crippen LogP contribution in [0.25, 0.3) is 0 Å². The summed E-state index contributed by atoms with van der Waals surface area (Å²) >= 11 is 0. The van der Waals surface area contributed by atoms with Gasteiger partial charge in [-0.25, -0.2) is 0 Å². The van der Waals surface area contributed by atoms with E-state index in [0.717, 1.165) is 11.3 Å². The lowest BCUT2D eigenvalue weighted by Gasteiger charge is -2.19. The maximum Gasteiger partial charge on any atom is 0.419 e. The third kappa shape index (κ3) is 2.78. The van der Waals surface area contributed by atoms with Gasteiger partial charge < -0.3 is 4.74 Å². The van der Waals surface area contributed by atoms with E-state index in [-0.39, 0.29) is 5.75 Å². The predicted octanol–water partition coefficient (Wildman–Crippen LogP) is 3.26. The van der Waals surface area contributed by atoms with Gasteiger partial charge in [0.15, 0.2) is 0 Å². The molecule has 0 amide bonds. The Morgan fingerprint density at radius 1 is 1.12 bits per heavy atom. The van der Waals surface area contributed by atoms with E-state index in [1.165, 1.54) is 13.2 Å². The highest BCUT2D eigenvalue weighted by atomic mass is 28.3. The molecule has 90 valence electrons. The summed E-state index contributed by atoms with van der Waals surface area (Å²) < 4.78 is 42.6. The molecule has 0 bridgehead atoms. The smallest absolute Gasteiger partial charge is 0.419 e. The van der Waals surface area contributed by atoms with Crippen molar-refractivity contribution in [3.63, 3.8) is 0 Å². The molecule has 0 spiro atoms. The molecule has 1 rings (SSSR count). The number of hydrogen-bond acceptors (Lipinski definition) is 1. The molecule has 0 unspecified atom stereocenters. The largest absolute Gasteiger partial charge is 0.496 e. The van der Waals surface area contributed by atoms with Crippen LogP contribution in [0.1, 0.15) is 5.56 Å². The summed E-state index contributed by atoms with van der Waals surface area (Å²) in [5, 5.41) is 0.956. The Balaban J connectivity index is 3.28. The summed E-state index contributed by atoms with van der Waals surface area (Å²) in [7, 11) is -0.348. The number of alkyl halides is 3. The van der Waals surface area contributed by atoms with Crippen LogP contribution in [0.4, 0.5) is 13.2 Å². The molecule has 0 heterocycles. The molecule has 16 heavy (non-hydrogen) atoms. The van der Waals surface area contributed by atoms with Crippen molar-refractivity contribution in [3.8, 4) is 5.75 Å². The zero-order valence-corrected chi connectivity index (χ0v) is 10.8. The van der Waals surface area contributed by atoms with Crippen molar-refractivity contribution in [2.24, 2.45) is 0 Å². The van der Waals surface area contributed by atoms with Crippen molar-refractivity contribution >= 4 is 13.3 Å². The molecule has 0 atom stereocenters. The average Bonchev–Trinajstić information content (AvgIpc) is 2.14. The summed E-state index contributed by atoms with van der Waals surface area (Å²) in [5.74, 6) is -0.0903. The van der Waals surface area contributed by atoms with Crippen molar-refractivity contribution in [2.75, 3.05) is 7.11 Å². The second-order valence-corrected chi connectivity index (χ2v) is 9.74. The summed E-state index contributed by atoms with van der Waals surface area (Å²) in [6, 6.07) is 4.17. The number of benzene rings is 1. The number of ether oxygens (including phenoxy) is 1. The van der Waals surface area contributed by atoms with Gasteiger partial charge >= 0.3 is 6.18 Å². The lowest BCUT2D eigenvalue weighted by atomic mass is 10.2. The van der Waals surface area contributed by atoms with Crippen LogP contribution in [0.5, 0.6) is 5.75 Å². The predicted molar refractivity (Wildman–Crippen MR) is 61.0 cm³/mol. The van der Waals surface area contributed by atoms with Gasteiger partial charge in [-0.15, -0.1) is 0 Å². The first kappa shape index (κ1) is 13.1. The summed E-state index contributed by atoms with van der Waals surface area (Å²) in [6.07, 6.45) is -4.36. The number of hydrogen-bond donors (Lipinski definition) is 0. The Bertz CT molecular complexity index is 380. The minimum absolute atomic E-state index is 0.0903. The Morgan fingerprint density at radius 2 is 1.69 bits per heavy atom. The molecule has 0 N–H and O–H groups in total. The Labute approximate surface area is 94.2 Å². The third-order valence-corrected chi connectivity index (χ3v) is 4.42. The maximum absolute atomic E-state index is 12.6. The summed E-state index contributed by atoms with van der Waals surface area (Å²) in [5.41, 5.74) is -0.711. The zero-order valence-electron chi connectivity index (χ0n) is 9.77. The van der Waals surface area contributed by atoms with Crippen LogP contribution in [0.3, 0.4) is 0 Å². The second-order valence-electron chi connectivity index (χ2n) is 4.66. The van der Waals surface area contributed by atoms with Crippen LogP contribution >= 0.6 is 0 Å². The summed E-state index contributed by atoms with van der Waals surface area (Å²) in [4.78, 5) is 0. The molecule has 0 fully saturated rings. The highest BCUT2D eigenvalue weighted by Crippen LogP contribution is 2.35. The molecule has 0 aliphatic heterocycles. The third-order valence-electron chi connectivity index (χ3n) is 2.37. The minimum Gasteiger partial charge on any atom is -0.496 e. The van der Waals surface area contributed by atoms with Crippen molar-refractivity contribution < 1.29 is 17.9 Å². The lowest BCUT2D eigenvalue weighted by molar-refractivity contribution is -0.138. The number of rotatable bonds is 2. The molecule has 1 nitrogen and oxygen atoms in total. The van der Waals surface area contributed by atoms with Crippen molar-refractivity contribution in [1.29, 1.82) is 0 Å². The fraction of sp³-hybridized carbons (Fsp3) is 0.455. The topological polar surface area (TPSA) is 9.23 Å². The normalized spacial score (nSPS) is 12.7. The first-order valence-corrected chi connectivity index (χ1v) is 8.42. The highest BCUT2D eigenvalue weighted by Gasteiger charge is 2.34. The maximum atomic E-state index is 12.6. The van der Waals surface area contributed by atoms with E-state index in [4.69, 9.17) is 4.74 Å². The Hall–Kier alpha value is -0.973. The highest BCUT2D eigenvalue weighted by molar-refractivity contribution is 6.88. The SMILES string of the molecule is COc1cc([Si](C)(C)C)ccc1C(F)(F)F. The Kier molecular flexibility index (Phi) is 3.37. The van der Waals surface area contributed by atoms with Gasteiger partial charge in [0.05, 0.1) is 20.7 Å². The summed E-state index contributed by atoms with van der Waals surface area (Å²) in [6.45, 7) is 6.24. The monoisotopic (exact) mass is 248 g/mol. The quantitative estimate of drug-likeness (QED) is 0.730. The number of methoxy groups -OCH3 is 1. The average molecular weight is 248 g/mol. The standard InChI is InChI=1S/C11H15F3OSi/c1-15-10-7-8(16(2,3)4)5-6-9(10)11(12,13)14/h5-7H,1-4H3. The zero-order chi connectivity index (χ0) is 12.6. The van der Waals surface area contributed by atoms with E-state index in [1.54, 1.807) is 6.07 Å². The van der Waals surface area contributed by atoms with Gasteiger partial charge in [0.1, 0.15) is 5.75 Å². The molecule has 1 aromatic carbocycles. The van der Waals surface area contributed by atoms with E-state index in [0.29, 0.717) is 0 Å². The van der Waals surface area contributed by atoms with E-state index < -0.39 is 19.8 Å². The molecule has 0 saturated heterocycles. The van der Waals surface area contributed by atoms with E-state index >= 15 is 0 Å². The van der Waals surface area contributed by atoms with Crippen LogP contribution in [0.2, 0.25) is 19.6 Å². The fourth-order valence-corrected chi connectivity index (χ4v) is 2.54. The van der Waals surface area contributed by atoms with Gasteiger partial charge in [0, 0.05) is 0 Å². The van der Waals surface area contributed by atoms with Crippen LogP contribution < -0.4 is 9.92 Å². The van der Waals surface area contributed by atoms with Crippen LogP contribution in [0.15, 0.2) is 18.2 Å². The second kappa shape index (κ2) is 4.12. The van der Waals surface area contributed by atoms with Gasteiger partial charge in [0.2, 0.25) is 0 Å². The molecule has 0 saturated carbocycles. The Morgan fingerprint density at radius 3 is 2.06 bits per heavy atom. The molecule has 1 aromatic rings.